The lowest BCUT2D eigenvalue weighted by Gasteiger charge is -2.10. The van der Waals surface area contributed by atoms with Gasteiger partial charge in [0.25, 0.3) is 0 Å². The number of hydrogen-bond donors (Lipinski definition) is 1. The number of alkyl halides is 3. The number of hydrogen-bond acceptors (Lipinski definition) is 5. The number of carbonyl (C=O) groups is 1. The van der Waals surface area contributed by atoms with Crippen LogP contribution in [-0.4, -0.2) is 33.5 Å². The molecule has 2 N–H and O–H groups in total. The predicted octanol–water partition coefficient (Wildman–Crippen LogP) is 2.84. The molecule has 2 heterocycles. The van der Waals surface area contributed by atoms with E-state index >= 15 is 0 Å². The SMILES string of the molecule is CCOC(=O)c1c(C)nc2c(cnn2CCCC(F)(F)F)c1N. The molecule has 0 fully saturated rings. The Morgan fingerprint density at radius 2 is 2.13 bits per heavy atom. The molecule has 6 nitrogen and oxygen atoms in total. The summed E-state index contributed by atoms with van der Waals surface area (Å²) in [5.74, 6) is -0.582. The minimum atomic E-state index is -4.21. The van der Waals surface area contributed by atoms with Crippen LogP contribution in [0.1, 0.15) is 35.8 Å². The zero-order valence-corrected chi connectivity index (χ0v) is 12.8. The summed E-state index contributed by atoms with van der Waals surface area (Å²) in [5.41, 5.74) is 7.03. The molecule has 0 amide bonds. The summed E-state index contributed by atoms with van der Waals surface area (Å²) in [7, 11) is 0. The molecule has 0 aliphatic heterocycles. The molecular formula is C14H17F3N4O2. The number of aryl methyl sites for hydroxylation is 2. The quantitative estimate of drug-likeness (QED) is 0.852. The average molecular weight is 330 g/mol. The van der Waals surface area contributed by atoms with Gasteiger partial charge in [0.1, 0.15) is 5.56 Å². The first-order chi connectivity index (χ1) is 10.7. The molecule has 0 saturated heterocycles. The summed E-state index contributed by atoms with van der Waals surface area (Å²) in [6.07, 6.45) is -3.82. The van der Waals surface area contributed by atoms with Crippen molar-refractivity contribution in [2.75, 3.05) is 12.3 Å². The molecule has 0 aliphatic rings. The van der Waals surface area contributed by atoms with Crippen LogP contribution in [0.4, 0.5) is 18.9 Å². The molecule has 9 heteroatoms. The molecular weight excluding hydrogens is 313 g/mol. The topological polar surface area (TPSA) is 83.0 Å². The van der Waals surface area contributed by atoms with Gasteiger partial charge in [-0.1, -0.05) is 0 Å². The third-order valence-corrected chi connectivity index (χ3v) is 3.32. The maximum Gasteiger partial charge on any atom is 0.389 e. The number of rotatable bonds is 5. The number of carbonyl (C=O) groups excluding carboxylic acids is 1. The largest absolute Gasteiger partial charge is 0.462 e. The predicted molar refractivity (Wildman–Crippen MR) is 77.9 cm³/mol. The number of fused-ring (bicyclic) bond motifs is 1. The standard InChI is InChI=1S/C14H17F3N4O2/c1-3-23-13(22)10-8(2)20-12-9(11(10)18)7-19-21(12)6-4-5-14(15,16)17/h7H,3-6H2,1-2H3,(H2,18,20). The summed E-state index contributed by atoms with van der Waals surface area (Å²) in [6.45, 7) is 3.53. The van der Waals surface area contributed by atoms with Gasteiger partial charge in [0.2, 0.25) is 0 Å². The van der Waals surface area contributed by atoms with Crippen LogP contribution in [-0.2, 0) is 11.3 Å². The average Bonchev–Trinajstić information content (AvgIpc) is 2.81. The first-order valence-corrected chi connectivity index (χ1v) is 7.10. The molecule has 0 radical (unpaired) electrons. The molecule has 0 aromatic carbocycles. The molecule has 2 aromatic rings. The van der Waals surface area contributed by atoms with Crippen LogP contribution in [0.3, 0.4) is 0 Å². The third kappa shape index (κ3) is 3.72. The Kier molecular flexibility index (Phi) is 4.76. The van der Waals surface area contributed by atoms with Gasteiger partial charge >= 0.3 is 12.1 Å². The summed E-state index contributed by atoms with van der Waals surface area (Å²) in [5, 5.41) is 4.44. The van der Waals surface area contributed by atoms with Gasteiger partial charge in [0.15, 0.2) is 5.65 Å². The molecule has 0 spiro atoms. The fourth-order valence-corrected chi connectivity index (χ4v) is 2.28. The van der Waals surface area contributed by atoms with Crippen molar-refractivity contribution in [2.45, 2.75) is 39.4 Å². The number of pyridine rings is 1. The Hall–Kier alpha value is -2.32. The van der Waals surface area contributed by atoms with Crippen LogP contribution in [0.2, 0.25) is 0 Å². The number of anilines is 1. The maximum absolute atomic E-state index is 12.2. The molecule has 126 valence electrons. The Morgan fingerprint density at radius 3 is 2.74 bits per heavy atom. The van der Waals surface area contributed by atoms with E-state index in [1.807, 2.05) is 0 Å². The van der Waals surface area contributed by atoms with Crippen LogP contribution in [0.15, 0.2) is 6.20 Å². The van der Waals surface area contributed by atoms with Crippen LogP contribution in [0.5, 0.6) is 0 Å². The van der Waals surface area contributed by atoms with E-state index in [4.69, 9.17) is 10.5 Å². The van der Waals surface area contributed by atoms with Crippen LogP contribution < -0.4 is 5.73 Å². The Bertz CT molecular complexity index is 725. The van der Waals surface area contributed by atoms with Crippen molar-refractivity contribution in [1.29, 1.82) is 0 Å². The summed E-state index contributed by atoms with van der Waals surface area (Å²) in [6, 6.07) is 0. The Labute approximate surface area is 130 Å². The number of halogens is 3. The zero-order valence-electron chi connectivity index (χ0n) is 12.8. The third-order valence-electron chi connectivity index (χ3n) is 3.32. The van der Waals surface area contributed by atoms with E-state index in [1.165, 1.54) is 10.9 Å². The van der Waals surface area contributed by atoms with Crippen LogP contribution in [0.25, 0.3) is 11.0 Å². The van der Waals surface area contributed by atoms with E-state index in [0.29, 0.717) is 16.7 Å². The van der Waals surface area contributed by atoms with Crippen LogP contribution in [0, 0.1) is 6.92 Å². The second-order valence-corrected chi connectivity index (χ2v) is 5.03. The molecule has 0 unspecified atom stereocenters. The maximum atomic E-state index is 12.2. The van der Waals surface area contributed by atoms with Gasteiger partial charge in [-0.15, -0.1) is 0 Å². The highest BCUT2D eigenvalue weighted by molar-refractivity contribution is 6.04. The number of nitrogens with zero attached hydrogens (tertiary/aromatic N) is 3. The van der Waals surface area contributed by atoms with Gasteiger partial charge < -0.3 is 10.5 Å². The zero-order chi connectivity index (χ0) is 17.2. The Balaban J connectivity index is 2.33. The normalized spacial score (nSPS) is 11.9. The first kappa shape index (κ1) is 17.0. The van der Waals surface area contributed by atoms with Crippen molar-refractivity contribution in [3.05, 3.63) is 17.5 Å². The van der Waals surface area contributed by atoms with Crippen molar-refractivity contribution in [3.8, 4) is 0 Å². The number of nitrogen functional groups attached to an aromatic ring is 1. The van der Waals surface area contributed by atoms with Crippen molar-refractivity contribution >= 4 is 22.7 Å². The van der Waals surface area contributed by atoms with Gasteiger partial charge in [-0.05, 0) is 20.3 Å². The molecule has 0 bridgehead atoms. The lowest BCUT2D eigenvalue weighted by atomic mass is 10.1. The van der Waals surface area contributed by atoms with Gasteiger partial charge in [-0.2, -0.15) is 18.3 Å². The second-order valence-electron chi connectivity index (χ2n) is 5.03. The smallest absolute Gasteiger partial charge is 0.389 e. The molecule has 0 aliphatic carbocycles. The highest BCUT2D eigenvalue weighted by Gasteiger charge is 2.26. The van der Waals surface area contributed by atoms with E-state index in [9.17, 15) is 18.0 Å². The highest BCUT2D eigenvalue weighted by Crippen LogP contribution is 2.27. The molecule has 0 atom stereocenters. The highest BCUT2D eigenvalue weighted by atomic mass is 19.4. The minimum absolute atomic E-state index is 0.0631. The molecule has 23 heavy (non-hydrogen) atoms. The number of nitrogens with two attached hydrogens (primary N) is 1. The lowest BCUT2D eigenvalue weighted by molar-refractivity contribution is -0.135. The van der Waals surface area contributed by atoms with Crippen molar-refractivity contribution < 1.29 is 22.7 Å². The second kappa shape index (κ2) is 6.43. The fraction of sp³-hybridized carbons (Fsp3) is 0.500. The first-order valence-electron chi connectivity index (χ1n) is 7.10. The van der Waals surface area contributed by atoms with E-state index < -0.39 is 18.6 Å². The van der Waals surface area contributed by atoms with Gasteiger partial charge in [0, 0.05) is 13.0 Å². The number of aromatic nitrogens is 3. The van der Waals surface area contributed by atoms with E-state index in [1.54, 1.807) is 13.8 Å². The van der Waals surface area contributed by atoms with Gasteiger partial charge in [0.05, 0.1) is 29.6 Å². The summed E-state index contributed by atoms with van der Waals surface area (Å²) < 4.78 is 43.0. The summed E-state index contributed by atoms with van der Waals surface area (Å²) in [4.78, 5) is 16.2. The van der Waals surface area contributed by atoms with E-state index in [2.05, 4.69) is 10.1 Å². The monoisotopic (exact) mass is 330 g/mol. The minimum Gasteiger partial charge on any atom is -0.462 e. The fourth-order valence-electron chi connectivity index (χ4n) is 2.28. The van der Waals surface area contributed by atoms with E-state index in [0.717, 1.165) is 0 Å². The van der Waals surface area contributed by atoms with Crippen molar-refractivity contribution in [1.82, 2.24) is 14.8 Å². The molecule has 2 aromatic heterocycles. The lowest BCUT2D eigenvalue weighted by Crippen LogP contribution is -2.13. The molecule has 0 saturated carbocycles. The van der Waals surface area contributed by atoms with Crippen molar-refractivity contribution in [2.24, 2.45) is 0 Å². The Morgan fingerprint density at radius 1 is 1.43 bits per heavy atom. The molecule has 2 rings (SSSR count). The van der Waals surface area contributed by atoms with E-state index in [-0.39, 0.29) is 30.8 Å². The van der Waals surface area contributed by atoms with Gasteiger partial charge in [-0.3, -0.25) is 0 Å². The number of ether oxygens (including phenoxy) is 1. The summed E-state index contributed by atoms with van der Waals surface area (Å²) >= 11 is 0. The van der Waals surface area contributed by atoms with Gasteiger partial charge in [-0.25, -0.2) is 14.5 Å². The van der Waals surface area contributed by atoms with Crippen molar-refractivity contribution in [3.63, 3.8) is 0 Å². The van der Waals surface area contributed by atoms with Crippen LogP contribution >= 0.6 is 0 Å². The number of esters is 1.